The summed E-state index contributed by atoms with van der Waals surface area (Å²) in [6.45, 7) is 2.10. The summed E-state index contributed by atoms with van der Waals surface area (Å²) in [6.07, 6.45) is 2.65. The quantitative estimate of drug-likeness (QED) is 0.791. The fourth-order valence-electron chi connectivity index (χ4n) is 2.38. The van der Waals surface area contributed by atoms with E-state index in [4.69, 9.17) is 5.11 Å². The van der Waals surface area contributed by atoms with Crippen LogP contribution in [0.25, 0.3) is 16.7 Å². The summed E-state index contributed by atoms with van der Waals surface area (Å²) in [7, 11) is 0. The molecule has 0 aliphatic rings. The molecule has 3 aromatic rings. The Bertz CT molecular complexity index is 790. The van der Waals surface area contributed by atoms with E-state index in [9.17, 15) is 4.79 Å². The molecule has 1 aromatic heterocycles. The second-order valence-corrected chi connectivity index (χ2v) is 4.61. The van der Waals surface area contributed by atoms with Crippen LogP contribution in [0.4, 0.5) is 0 Å². The summed E-state index contributed by atoms with van der Waals surface area (Å²) in [6, 6.07) is 13.1. The molecule has 4 nitrogen and oxygen atoms in total. The number of nitrogens with zero attached hydrogens (tertiary/aromatic N) is 2. The van der Waals surface area contributed by atoms with Crippen LogP contribution in [0.3, 0.4) is 0 Å². The Balaban J connectivity index is 2.26. The first-order chi connectivity index (χ1) is 9.70. The number of aryl methyl sites for hydroxylation is 1. The molecule has 0 aliphatic heterocycles. The number of para-hydroxylation sites is 1. The van der Waals surface area contributed by atoms with Gasteiger partial charge < -0.3 is 5.11 Å². The van der Waals surface area contributed by atoms with Crippen LogP contribution >= 0.6 is 0 Å². The third-order valence-electron chi connectivity index (χ3n) is 3.43. The Morgan fingerprint density at radius 2 is 2.05 bits per heavy atom. The molecule has 0 saturated carbocycles. The van der Waals surface area contributed by atoms with E-state index < -0.39 is 5.97 Å². The van der Waals surface area contributed by atoms with Crippen molar-refractivity contribution >= 4 is 17.0 Å². The van der Waals surface area contributed by atoms with E-state index in [-0.39, 0.29) is 5.56 Å². The van der Waals surface area contributed by atoms with E-state index in [0.29, 0.717) is 0 Å². The lowest BCUT2D eigenvalue weighted by Gasteiger charge is -2.09. The van der Waals surface area contributed by atoms with Gasteiger partial charge in [0.1, 0.15) is 6.33 Å². The maximum atomic E-state index is 11.1. The average molecular weight is 266 g/mol. The van der Waals surface area contributed by atoms with E-state index in [1.165, 1.54) is 5.56 Å². The van der Waals surface area contributed by atoms with Crippen LogP contribution in [0.1, 0.15) is 22.8 Å². The monoisotopic (exact) mass is 266 g/mol. The number of benzene rings is 2. The topological polar surface area (TPSA) is 55.1 Å². The molecule has 1 heterocycles. The summed E-state index contributed by atoms with van der Waals surface area (Å²) in [5, 5.41) is 9.11. The van der Waals surface area contributed by atoms with Crippen molar-refractivity contribution in [3.8, 4) is 5.69 Å². The first kappa shape index (κ1) is 12.4. The van der Waals surface area contributed by atoms with E-state index in [0.717, 1.165) is 23.1 Å². The van der Waals surface area contributed by atoms with Gasteiger partial charge in [0.25, 0.3) is 0 Å². The molecule has 0 unspecified atom stereocenters. The Labute approximate surface area is 116 Å². The molecule has 0 amide bonds. The van der Waals surface area contributed by atoms with Gasteiger partial charge in [-0.25, -0.2) is 9.78 Å². The number of hydrogen-bond donors (Lipinski definition) is 1. The molecule has 3 rings (SSSR count). The van der Waals surface area contributed by atoms with Crippen molar-refractivity contribution in [2.45, 2.75) is 13.3 Å². The molecular weight excluding hydrogens is 252 g/mol. The highest BCUT2D eigenvalue weighted by Crippen LogP contribution is 2.22. The molecule has 0 spiro atoms. The van der Waals surface area contributed by atoms with Gasteiger partial charge in [0.15, 0.2) is 0 Å². The van der Waals surface area contributed by atoms with Crippen LogP contribution in [0.15, 0.2) is 48.8 Å². The number of carbonyl (C=O) groups is 1. The molecule has 0 radical (unpaired) electrons. The third-order valence-corrected chi connectivity index (χ3v) is 3.43. The standard InChI is InChI=1S/C16H14N2O2/c1-2-11-5-3-4-6-14(11)18-10-17-13-8-7-12(16(19)20)9-15(13)18/h3-10H,2H2,1H3,(H,19,20). The lowest BCUT2D eigenvalue weighted by Crippen LogP contribution is -1.99. The maximum Gasteiger partial charge on any atom is 0.335 e. The number of fused-ring (bicyclic) bond motifs is 1. The Morgan fingerprint density at radius 1 is 1.25 bits per heavy atom. The van der Waals surface area contributed by atoms with Gasteiger partial charge in [0.2, 0.25) is 0 Å². The van der Waals surface area contributed by atoms with E-state index in [1.807, 2.05) is 22.8 Å². The predicted octanol–water partition coefficient (Wildman–Crippen LogP) is 3.29. The fourth-order valence-corrected chi connectivity index (χ4v) is 2.38. The zero-order chi connectivity index (χ0) is 14.1. The molecule has 0 bridgehead atoms. The molecule has 0 aliphatic carbocycles. The molecule has 100 valence electrons. The number of aromatic carboxylic acids is 1. The van der Waals surface area contributed by atoms with E-state index in [2.05, 4.69) is 18.0 Å². The lowest BCUT2D eigenvalue weighted by atomic mass is 10.1. The number of imidazole rings is 1. The number of aromatic nitrogens is 2. The minimum absolute atomic E-state index is 0.272. The summed E-state index contributed by atoms with van der Waals surface area (Å²) in [4.78, 5) is 15.4. The maximum absolute atomic E-state index is 11.1. The van der Waals surface area contributed by atoms with Gasteiger partial charge >= 0.3 is 5.97 Å². The molecular formula is C16H14N2O2. The van der Waals surface area contributed by atoms with Crippen LogP contribution in [0.5, 0.6) is 0 Å². The largest absolute Gasteiger partial charge is 0.478 e. The van der Waals surface area contributed by atoms with Crippen LogP contribution in [0.2, 0.25) is 0 Å². The smallest absolute Gasteiger partial charge is 0.335 e. The minimum atomic E-state index is -0.927. The molecule has 1 N–H and O–H groups in total. The normalized spacial score (nSPS) is 10.8. The van der Waals surface area contributed by atoms with Crippen molar-refractivity contribution in [3.05, 3.63) is 59.9 Å². The van der Waals surface area contributed by atoms with Gasteiger partial charge in [-0.1, -0.05) is 25.1 Å². The third kappa shape index (κ3) is 1.95. The lowest BCUT2D eigenvalue weighted by molar-refractivity contribution is 0.0697. The van der Waals surface area contributed by atoms with Gasteiger partial charge in [-0.3, -0.25) is 4.57 Å². The van der Waals surface area contributed by atoms with Crippen LogP contribution in [-0.4, -0.2) is 20.6 Å². The fraction of sp³-hybridized carbons (Fsp3) is 0.125. The summed E-state index contributed by atoms with van der Waals surface area (Å²) < 4.78 is 1.95. The van der Waals surface area contributed by atoms with Gasteiger partial charge in [0, 0.05) is 0 Å². The summed E-state index contributed by atoms with van der Waals surface area (Å²) in [5.41, 5.74) is 4.12. The highest BCUT2D eigenvalue weighted by atomic mass is 16.4. The summed E-state index contributed by atoms with van der Waals surface area (Å²) >= 11 is 0. The predicted molar refractivity (Wildman–Crippen MR) is 77.4 cm³/mol. The van der Waals surface area contributed by atoms with Crippen molar-refractivity contribution < 1.29 is 9.90 Å². The Morgan fingerprint density at radius 3 is 2.80 bits per heavy atom. The average Bonchev–Trinajstić information content (AvgIpc) is 2.89. The molecule has 4 heteroatoms. The second-order valence-electron chi connectivity index (χ2n) is 4.61. The van der Waals surface area contributed by atoms with Crippen molar-refractivity contribution in [1.82, 2.24) is 9.55 Å². The van der Waals surface area contributed by atoms with Crippen molar-refractivity contribution in [2.24, 2.45) is 0 Å². The summed E-state index contributed by atoms with van der Waals surface area (Å²) in [5.74, 6) is -0.927. The number of hydrogen-bond acceptors (Lipinski definition) is 2. The van der Waals surface area contributed by atoms with Gasteiger partial charge in [0.05, 0.1) is 22.3 Å². The van der Waals surface area contributed by atoms with Crippen LogP contribution < -0.4 is 0 Å². The van der Waals surface area contributed by atoms with Crippen molar-refractivity contribution in [2.75, 3.05) is 0 Å². The highest BCUT2D eigenvalue weighted by Gasteiger charge is 2.10. The zero-order valence-corrected chi connectivity index (χ0v) is 11.1. The second kappa shape index (κ2) is 4.81. The van der Waals surface area contributed by atoms with Gasteiger partial charge in [-0.15, -0.1) is 0 Å². The number of carboxylic acid groups (broad SMARTS) is 1. The van der Waals surface area contributed by atoms with Crippen molar-refractivity contribution in [1.29, 1.82) is 0 Å². The van der Waals surface area contributed by atoms with Crippen LogP contribution in [0, 0.1) is 0 Å². The molecule has 2 aromatic carbocycles. The first-order valence-corrected chi connectivity index (χ1v) is 6.49. The Hall–Kier alpha value is -2.62. The van der Waals surface area contributed by atoms with Gasteiger partial charge in [-0.2, -0.15) is 0 Å². The van der Waals surface area contributed by atoms with E-state index in [1.54, 1.807) is 24.5 Å². The highest BCUT2D eigenvalue weighted by molar-refractivity contribution is 5.92. The van der Waals surface area contributed by atoms with Gasteiger partial charge in [-0.05, 0) is 36.2 Å². The minimum Gasteiger partial charge on any atom is -0.478 e. The van der Waals surface area contributed by atoms with Crippen LogP contribution in [-0.2, 0) is 6.42 Å². The van der Waals surface area contributed by atoms with Crippen molar-refractivity contribution in [3.63, 3.8) is 0 Å². The van der Waals surface area contributed by atoms with E-state index >= 15 is 0 Å². The zero-order valence-electron chi connectivity index (χ0n) is 11.1. The number of rotatable bonds is 3. The first-order valence-electron chi connectivity index (χ1n) is 6.49. The Kier molecular flexibility index (Phi) is 2.99. The molecule has 0 saturated heterocycles. The SMILES string of the molecule is CCc1ccccc1-n1cnc2ccc(C(=O)O)cc21. The molecule has 0 atom stereocenters. The molecule has 0 fully saturated rings. The molecule has 20 heavy (non-hydrogen) atoms. The number of carboxylic acids is 1.